The van der Waals surface area contributed by atoms with Gasteiger partial charge < -0.3 is 25.0 Å². The van der Waals surface area contributed by atoms with Crippen molar-refractivity contribution in [2.45, 2.75) is 47.4 Å². The summed E-state index contributed by atoms with van der Waals surface area (Å²) in [6.45, 7) is 2.20. The van der Waals surface area contributed by atoms with Crippen molar-refractivity contribution in [3.8, 4) is 11.1 Å². The summed E-state index contributed by atoms with van der Waals surface area (Å²) in [7, 11) is 0. The molecule has 3 N–H and O–H groups in total. The Balaban J connectivity index is 1.36. The minimum Gasteiger partial charge on any atom is -0.478 e. The van der Waals surface area contributed by atoms with Crippen molar-refractivity contribution in [1.29, 1.82) is 0 Å². The SMILES string of the molecule is CC1C(CSc2ncccc2C(=O)O)OC(c2ccc(-c3cccc(CNC(=O)C(Cl)(Cl)Cl)c3)cc2)OC1c1ccc(CO)cc1. The van der Waals surface area contributed by atoms with Gasteiger partial charge in [-0.3, -0.25) is 4.79 Å². The molecule has 12 heteroatoms. The second kappa shape index (κ2) is 15.2. The second-order valence-electron chi connectivity index (χ2n) is 10.8. The molecule has 4 aromatic rings. The Morgan fingerprint density at radius 1 is 0.913 bits per heavy atom. The topological polar surface area (TPSA) is 118 Å². The summed E-state index contributed by atoms with van der Waals surface area (Å²) in [4.78, 5) is 28.0. The molecule has 46 heavy (non-hydrogen) atoms. The van der Waals surface area contributed by atoms with E-state index in [1.807, 2.05) is 72.8 Å². The van der Waals surface area contributed by atoms with E-state index in [0.717, 1.165) is 33.4 Å². The van der Waals surface area contributed by atoms with Gasteiger partial charge in [-0.2, -0.15) is 0 Å². The Hall–Kier alpha value is -3.15. The largest absolute Gasteiger partial charge is 0.478 e. The van der Waals surface area contributed by atoms with Gasteiger partial charge in [-0.1, -0.05) is 108 Å². The maximum Gasteiger partial charge on any atom is 0.338 e. The van der Waals surface area contributed by atoms with Gasteiger partial charge in [-0.25, -0.2) is 9.78 Å². The van der Waals surface area contributed by atoms with E-state index in [0.29, 0.717) is 10.8 Å². The number of aliphatic hydroxyl groups excluding tert-OH is 1. The fourth-order valence-corrected chi connectivity index (χ4v) is 6.47. The highest BCUT2D eigenvalue weighted by atomic mass is 35.6. The van der Waals surface area contributed by atoms with Crippen LogP contribution in [-0.4, -0.2) is 42.7 Å². The molecule has 4 unspecified atom stereocenters. The molecule has 1 amide bonds. The monoisotopic (exact) mass is 700 g/mol. The Morgan fingerprint density at radius 3 is 2.30 bits per heavy atom. The lowest BCUT2D eigenvalue weighted by atomic mass is 9.91. The number of carbonyl (C=O) groups is 2. The number of rotatable bonds is 10. The molecule has 1 aliphatic heterocycles. The number of carboxylic acid groups (broad SMARTS) is 1. The number of nitrogens with zero attached hydrogens (tertiary/aromatic N) is 1. The molecule has 2 heterocycles. The van der Waals surface area contributed by atoms with Crippen LogP contribution in [-0.2, 0) is 27.4 Å². The molecule has 0 saturated carbocycles. The molecular weight excluding hydrogens is 671 g/mol. The predicted molar refractivity (Wildman–Crippen MR) is 179 cm³/mol. The highest BCUT2D eigenvalue weighted by molar-refractivity contribution is 7.99. The lowest BCUT2D eigenvalue weighted by Crippen LogP contribution is -2.38. The highest BCUT2D eigenvalue weighted by Gasteiger charge is 2.38. The van der Waals surface area contributed by atoms with Crippen LogP contribution in [0.15, 0.2) is 96.2 Å². The number of amides is 1. The molecule has 4 atom stereocenters. The van der Waals surface area contributed by atoms with Crippen LogP contribution in [0.1, 0.15) is 51.9 Å². The van der Waals surface area contributed by atoms with E-state index in [-0.39, 0.29) is 36.8 Å². The molecule has 1 fully saturated rings. The molecule has 1 aliphatic rings. The van der Waals surface area contributed by atoms with Crippen LogP contribution >= 0.6 is 46.6 Å². The lowest BCUT2D eigenvalue weighted by molar-refractivity contribution is -0.268. The van der Waals surface area contributed by atoms with Crippen LogP contribution in [0.4, 0.5) is 0 Å². The zero-order chi connectivity index (χ0) is 32.8. The minimum atomic E-state index is -2.03. The van der Waals surface area contributed by atoms with Gasteiger partial charge in [-0.15, -0.1) is 11.8 Å². The number of alkyl halides is 3. The third kappa shape index (κ3) is 8.41. The van der Waals surface area contributed by atoms with Crippen molar-refractivity contribution < 1.29 is 29.3 Å². The molecule has 0 bridgehead atoms. The molecule has 1 aromatic heterocycles. The summed E-state index contributed by atoms with van der Waals surface area (Å²) in [6.07, 6.45) is 0.270. The van der Waals surface area contributed by atoms with Crippen LogP contribution in [0.2, 0.25) is 0 Å². The number of aromatic carboxylic acids is 1. The van der Waals surface area contributed by atoms with Crippen molar-refractivity contribution in [3.63, 3.8) is 0 Å². The van der Waals surface area contributed by atoms with Crippen LogP contribution in [0, 0.1) is 5.92 Å². The first kappa shape index (κ1) is 34.2. The molecule has 8 nitrogen and oxygen atoms in total. The van der Waals surface area contributed by atoms with Gasteiger partial charge in [0.25, 0.3) is 9.70 Å². The third-order valence-corrected chi connectivity index (χ3v) is 9.27. The number of aliphatic hydroxyl groups is 1. The summed E-state index contributed by atoms with van der Waals surface area (Å²) >= 11 is 18.3. The average Bonchev–Trinajstić information content (AvgIpc) is 3.06. The number of hydrogen-bond donors (Lipinski definition) is 3. The standard InChI is InChI=1S/C34H31Cl3N2O6S/c1-20-28(19-46-30-27(31(41)42)6-3-15-38-30)44-32(45-29(20)24-9-7-21(18-40)8-10-24)25-13-11-23(12-14-25)26-5-2-4-22(16-26)17-39-33(43)34(35,36)37/h2-16,20,28-29,32,40H,17-19H2,1H3,(H,39,43)(H,41,42). The zero-order valence-corrected chi connectivity index (χ0v) is 27.7. The molecular formula is C34H31Cl3N2O6S. The summed E-state index contributed by atoms with van der Waals surface area (Å²) in [5.74, 6) is -1.35. The van der Waals surface area contributed by atoms with E-state index < -0.39 is 22.0 Å². The number of aromatic nitrogens is 1. The van der Waals surface area contributed by atoms with Gasteiger partial charge in [0.05, 0.1) is 24.4 Å². The quantitative estimate of drug-likeness (QED) is 0.115. The van der Waals surface area contributed by atoms with Gasteiger partial charge in [0.1, 0.15) is 5.03 Å². The van der Waals surface area contributed by atoms with Crippen molar-refractivity contribution in [2.75, 3.05) is 5.75 Å². The Morgan fingerprint density at radius 2 is 1.63 bits per heavy atom. The van der Waals surface area contributed by atoms with Crippen molar-refractivity contribution >= 4 is 58.4 Å². The molecule has 0 radical (unpaired) electrons. The van der Waals surface area contributed by atoms with Crippen molar-refractivity contribution in [3.05, 3.63) is 119 Å². The third-order valence-electron chi connectivity index (χ3n) is 7.66. The number of benzene rings is 3. The number of halogens is 3. The maximum atomic E-state index is 12.0. The summed E-state index contributed by atoms with van der Waals surface area (Å²) in [5, 5.41) is 22.2. The number of thioether (sulfide) groups is 1. The highest BCUT2D eigenvalue weighted by Crippen LogP contribution is 2.43. The maximum absolute atomic E-state index is 12.0. The lowest BCUT2D eigenvalue weighted by Gasteiger charge is -2.41. The smallest absolute Gasteiger partial charge is 0.338 e. The summed E-state index contributed by atoms with van der Waals surface area (Å²) < 4.78 is 11.0. The van der Waals surface area contributed by atoms with E-state index in [1.165, 1.54) is 17.8 Å². The van der Waals surface area contributed by atoms with E-state index in [1.54, 1.807) is 12.3 Å². The second-order valence-corrected chi connectivity index (χ2v) is 14.1. The van der Waals surface area contributed by atoms with Crippen molar-refractivity contribution in [1.82, 2.24) is 10.3 Å². The van der Waals surface area contributed by atoms with Gasteiger partial charge in [0.15, 0.2) is 6.29 Å². The molecule has 5 rings (SSSR count). The number of nitrogens with one attached hydrogen (secondary N) is 1. The van der Waals surface area contributed by atoms with E-state index in [9.17, 15) is 19.8 Å². The average molecular weight is 702 g/mol. The first-order chi connectivity index (χ1) is 22.0. The summed E-state index contributed by atoms with van der Waals surface area (Å²) in [5.41, 5.74) is 5.44. The van der Waals surface area contributed by atoms with Crippen molar-refractivity contribution in [2.24, 2.45) is 5.92 Å². The van der Waals surface area contributed by atoms with Gasteiger partial charge in [0, 0.05) is 30.0 Å². The minimum absolute atomic E-state index is 0.0544. The molecule has 240 valence electrons. The number of ether oxygens (including phenoxy) is 2. The molecule has 0 spiro atoms. The number of carbonyl (C=O) groups excluding carboxylic acids is 1. The number of hydrogen-bond acceptors (Lipinski definition) is 7. The van der Waals surface area contributed by atoms with Gasteiger partial charge in [0.2, 0.25) is 0 Å². The fourth-order valence-electron chi connectivity index (χ4n) is 5.12. The van der Waals surface area contributed by atoms with Crippen LogP contribution in [0.3, 0.4) is 0 Å². The first-order valence-corrected chi connectivity index (χ1v) is 16.5. The van der Waals surface area contributed by atoms with E-state index >= 15 is 0 Å². The number of carboxylic acids is 1. The molecule has 1 saturated heterocycles. The number of pyridine rings is 1. The Kier molecular flexibility index (Phi) is 11.3. The molecule has 3 aromatic carbocycles. The Bertz CT molecular complexity index is 1670. The van der Waals surface area contributed by atoms with Crippen LogP contribution < -0.4 is 5.32 Å². The molecule has 0 aliphatic carbocycles. The zero-order valence-electron chi connectivity index (χ0n) is 24.6. The van der Waals surface area contributed by atoms with Gasteiger partial charge in [-0.05, 0) is 46.0 Å². The Labute approximate surface area is 286 Å². The first-order valence-electron chi connectivity index (χ1n) is 14.4. The van der Waals surface area contributed by atoms with E-state index in [4.69, 9.17) is 44.3 Å². The van der Waals surface area contributed by atoms with Crippen LogP contribution in [0.25, 0.3) is 11.1 Å². The normalized spacial score (nSPS) is 19.8. The van der Waals surface area contributed by atoms with Crippen LogP contribution in [0.5, 0.6) is 0 Å². The van der Waals surface area contributed by atoms with E-state index in [2.05, 4.69) is 17.2 Å². The predicted octanol–water partition coefficient (Wildman–Crippen LogP) is 7.51. The van der Waals surface area contributed by atoms with Gasteiger partial charge >= 0.3 is 5.97 Å². The fraction of sp³-hybridized carbons (Fsp3) is 0.265. The summed E-state index contributed by atoms with van der Waals surface area (Å²) in [6, 6.07) is 26.3.